The zero-order valence-electron chi connectivity index (χ0n) is 13.1. The summed E-state index contributed by atoms with van der Waals surface area (Å²) in [6.45, 7) is 0.754. The average molecular weight is 339 g/mol. The Labute approximate surface area is 144 Å². The molecule has 24 heavy (non-hydrogen) atoms. The van der Waals surface area contributed by atoms with Crippen LogP contribution in [-0.2, 0) is 4.79 Å². The van der Waals surface area contributed by atoms with Crippen molar-refractivity contribution in [2.75, 3.05) is 17.6 Å². The van der Waals surface area contributed by atoms with E-state index < -0.39 is 0 Å². The van der Waals surface area contributed by atoms with Gasteiger partial charge in [0, 0.05) is 29.4 Å². The van der Waals surface area contributed by atoms with Gasteiger partial charge in [-0.15, -0.1) is 11.8 Å². The quantitative estimate of drug-likeness (QED) is 0.913. The molecule has 2 amide bonds. The lowest BCUT2D eigenvalue weighted by atomic mass is 10.1. The Hall–Kier alpha value is -2.34. The van der Waals surface area contributed by atoms with Gasteiger partial charge in [0.05, 0.1) is 17.5 Å². The first-order valence-electron chi connectivity index (χ1n) is 8.00. The van der Waals surface area contributed by atoms with Gasteiger partial charge < -0.3 is 10.2 Å². The number of likely N-dealkylation sites (tertiary alicyclic amines) is 1. The maximum atomic E-state index is 13.0. The van der Waals surface area contributed by atoms with Crippen LogP contribution in [0.4, 0.5) is 5.69 Å². The van der Waals surface area contributed by atoms with Gasteiger partial charge in [-0.2, -0.15) is 0 Å². The molecule has 0 radical (unpaired) electrons. The highest BCUT2D eigenvalue weighted by Gasteiger charge is 2.31. The van der Waals surface area contributed by atoms with Gasteiger partial charge >= 0.3 is 0 Å². The summed E-state index contributed by atoms with van der Waals surface area (Å²) in [7, 11) is 0. The molecule has 122 valence electrons. The second-order valence-electron chi connectivity index (χ2n) is 5.98. The van der Waals surface area contributed by atoms with Crippen LogP contribution in [-0.4, -0.2) is 34.0 Å². The van der Waals surface area contributed by atoms with Gasteiger partial charge in [-0.05, 0) is 48.7 Å². The second-order valence-corrected chi connectivity index (χ2v) is 7.00. The summed E-state index contributed by atoms with van der Waals surface area (Å²) in [5, 5.41) is 2.85. The predicted octanol–water partition coefficient (Wildman–Crippen LogP) is 3.10. The SMILES string of the molecule is O=C1CSc2ccc(C(=O)N3CCCC3c3ccncc3)cc2N1. The van der Waals surface area contributed by atoms with Gasteiger partial charge in [0.15, 0.2) is 0 Å². The summed E-state index contributed by atoms with van der Waals surface area (Å²) < 4.78 is 0. The molecule has 1 aromatic carbocycles. The number of fused-ring (bicyclic) bond motifs is 1. The lowest BCUT2D eigenvalue weighted by Crippen LogP contribution is -2.30. The molecular weight excluding hydrogens is 322 g/mol. The molecule has 3 heterocycles. The first-order chi connectivity index (χ1) is 11.7. The van der Waals surface area contributed by atoms with Crippen molar-refractivity contribution in [3.63, 3.8) is 0 Å². The van der Waals surface area contributed by atoms with Crippen LogP contribution < -0.4 is 5.32 Å². The number of nitrogens with one attached hydrogen (secondary N) is 1. The molecule has 2 aromatic rings. The molecule has 1 atom stereocenters. The van der Waals surface area contributed by atoms with E-state index in [-0.39, 0.29) is 17.9 Å². The summed E-state index contributed by atoms with van der Waals surface area (Å²) in [6, 6.07) is 9.61. The van der Waals surface area contributed by atoms with E-state index in [0.717, 1.165) is 35.5 Å². The second kappa shape index (κ2) is 6.28. The summed E-state index contributed by atoms with van der Waals surface area (Å²) in [5.41, 5.74) is 2.48. The largest absolute Gasteiger partial charge is 0.332 e. The number of hydrogen-bond acceptors (Lipinski definition) is 4. The highest BCUT2D eigenvalue weighted by molar-refractivity contribution is 8.00. The van der Waals surface area contributed by atoms with E-state index in [1.54, 1.807) is 18.5 Å². The summed E-state index contributed by atoms with van der Waals surface area (Å²) in [6.07, 6.45) is 5.49. The van der Waals surface area contributed by atoms with Gasteiger partial charge in [-0.25, -0.2) is 0 Å². The van der Waals surface area contributed by atoms with E-state index in [2.05, 4.69) is 10.3 Å². The van der Waals surface area contributed by atoms with Crippen LogP contribution in [0, 0.1) is 0 Å². The van der Waals surface area contributed by atoms with Gasteiger partial charge in [0.1, 0.15) is 0 Å². The third-order valence-electron chi connectivity index (χ3n) is 4.46. The fourth-order valence-corrected chi connectivity index (χ4v) is 4.11. The Balaban J connectivity index is 1.61. The zero-order valence-corrected chi connectivity index (χ0v) is 13.9. The standard InChI is InChI=1S/C18H17N3O2S/c22-17-11-24-16-4-3-13(10-14(16)20-17)18(23)21-9-1-2-15(21)12-5-7-19-8-6-12/h3-8,10,15H,1-2,9,11H2,(H,20,22). The Bertz CT molecular complexity index is 794. The molecular formula is C18H17N3O2S. The fourth-order valence-electron chi connectivity index (χ4n) is 3.32. The summed E-state index contributed by atoms with van der Waals surface area (Å²) in [4.78, 5) is 31.5. The highest BCUT2D eigenvalue weighted by atomic mass is 32.2. The van der Waals surface area contributed by atoms with E-state index >= 15 is 0 Å². The maximum absolute atomic E-state index is 13.0. The molecule has 2 aliphatic heterocycles. The molecule has 0 saturated carbocycles. The number of nitrogens with zero attached hydrogens (tertiary/aromatic N) is 2. The van der Waals surface area contributed by atoms with Crippen molar-refractivity contribution in [2.24, 2.45) is 0 Å². The Morgan fingerprint density at radius 3 is 2.92 bits per heavy atom. The molecule has 6 heteroatoms. The zero-order chi connectivity index (χ0) is 16.5. The number of carbonyl (C=O) groups excluding carboxylic acids is 2. The van der Waals surface area contributed by atoms with Crippen LogP contribution in [0.2, 0.25) is 0 Å². The molecule has 1 N–H and O–H groups in total. The maximum Gasteiger partial charge on any atom is 0.254 e. The van der Waals surface area contributed by atoms with E-state index in [1.165, 1.54) is 11.8 Å². The summed E-state index contributed by atoms with van der Waals surface area (Å²) >= 11 is 1.50. The van der Waals surface area contributed by atoms with E-state index in [4.69, 9.17) is 0 Å². The molecule has 1 fully saturated rings. The van der Waals surface area contributed by atoms with Crippen molar-refractivity contribution >= 4 is 29.3 Å². The minimum absolute atomic E-state index is 0.0157. The molecule has 5 nitrogen and oxygen atoms in total. The number of anilines is 1. The number of amides is 2. The Kier molecular flexibility index (Phi) is 3.98. The molecule has 4 rings (SSSR count). The monoisotopic (exact) mass is 339 g/mol. The molecule has 1 aromatic heterocycles. The van der Waals surface area contributed by atoms with Gasteiger partial charge in [-0.1, -0.05) is 0 Å². The van der Waals surface area contributed by atoms with Gasteiger partial charge in [0.25, 0.3) is 5.91 Å². The first kappa shape index (κ1) is 15.2. The highest BCUT2D eigenvalue weighted by Crippen LogP contribution is 2.35. The van der Waals surface area contributed by atoms with Crippen LogP contribution in [0.1, 0.15) is 34.8 Å². The Morgan fingerprint density at radius 2 is 2.08 bits per heavy atom. The molecule has 1 saturated heterocycles. The number of rotatable bonds is 2. The van der Waals surface area contributed by atoms with E-state index in [9.17, 15) is 9.59 Å². The number of thioether (sulfide) groups is 1. The average Bonchev–Trinajstić information content (AvgIpc) is 3.11. The number of benzene rings is 1. The first-order valence-corrected chi connectivity index (χ1v) is 8.98. The number of hydrogen-bond donors (Lipinski definition) is 1. The van der Waals surface area contributed by atoms with E-state index in [0.29, 0.717) is 11.3 Å². The Morgan fingerprint density at radius 1 is 1.25 bits per heavy atom. The fraction of sp³-hybridized carbons (Fsp3) is 0.278. The van der Waals surface area contributed by atoms with Crippen molar-refractivity contribution in [1.29, 1.82) is 0 Å². The molecule has 2 aliphatic rings. The molecule has 0 aliphatic carbocycles. The van der Waals surface area contributed by atoms with Crippen molar-refractivity contribution in [1.82, 2.24) is 9.88 Å². The van der Waals surface area contributed by atoms with Crippen LogP contribution in [0.15, 0.2) is 47.6 Å². The lowest BCUT2D eigenvalue weighted by molar-refractivity contribution is -0.113. The number of carbonyl (C=O) groups is 2. The van der Waals surface area contributed by atoms with E-state index in [1.807, 2.05) is 29.2 Å². The van der Waals surface area contributed by atoms with Crippen LogP contribution in [0.5, 0.6) is 0 Å². The normalized spacial score (nSPS) is 19.8. The van der Waals surface area contributed by atoms with Gasteiger partial charge in [-0.3, -0.25) is 14.6 Å². The molecule has 1 unspecified atom stereocenters. The predicted molar refractivity (Wildman–Crippen MR) is 93.0 cm³/mol. The smallest absolute Gasteiger partial charge is 0.254 e. The third-order valence-corrected chi connectivity index (χ3v) is 5.54. The topological polar surface area (TPSA) is 62.3 Å². The van der Waals surface area contributed by atoms with Crippen molar-refractivity contribution < 1.29 is 9.59 Å². The number of aromatic nitrogens is 1. The van der Waals surface area contributed by atoms with Crippen LogP contribution >= 0.6 is 11.8 Å². The van der Waals surface area contributed by atoms with Crippen LogP contribution in [0.3, 0.4) is 0 Å². The minimum atomic E-state index is -0.0204. The van der Waals surface area contributed by atoms with Crippen molar-refractivity contribution in [2.45, 2.75) is 23.8 Å². The van der Waals surface area contributed by atoms with Crippen molar-refractivity contribution in [3.05, 3.63) is 53.9 Å². The molecule has 0 bridgehead atoms. The minimum Gasteiger partial charge on any atom is -0.332 e. The lowest BCUT2D eigenvalue weighted by Gasteiger charge is -2.26. The number of pyridine rings is 1. The third kappa shape index (κ3) is 2.78. The summed E-state index contributed by atoms with van der Waals surface area (Å²) in [5.74, 6) is 0.422. The van der Waals surface area contributed by atoms with Crippen molar-refractivity contribution in [3.8, 4) is 0 Å². The molecule has 0 spiro atoms. The van der Waals surface area contributed by atoms with Crippen LogP contribution in [0.25, 0.3) is 0 Å². The van der Waals surface area contributed by atoms with Gasteiger partial charge in [0.2, 0.25) is 5.91 Å².